The van der Waals surface area contributed by atoms with Crippen molar-refractivity contribution in [1.29, 1.82) is 0 Å². The van der Waals surface area contributed by atoms with Crippen molar-refractivity contribution in [3.63, 3.8) is 0 Å². The Labute approximate surface area is 123 Å². The average Bonchev–Trinajstić information content (AvgIpc) is 2.71. The number of hydrogen-bond acceptors (Lipinski definition) is 4. The van der Waals surface area contributed by atoms with E-state index in [1.54, 1.807) is 0 Å². The molecule has 0 aliphatic carbocycles. The summed E-state index contributed by atoms with van der Waals surface area (Å²) >= 11 is 1.50. The second-order valence-corrected chi connectivity index (χ2v) is 6.03. The van der Waals surface area contributed by atoms with E-state index in [0.29, 0.717) is 5.13 Å². The quantitative estimate of drug-likeness (QED) is 0.905. The molecule has 5 heteroatoms. The minimum absolute atomic E-state index is 0.0815. The Hall–Kier alpha value is -1.88. The van der Waals surface area contributed by atoms with Crippen molar-refractivity contribution in [2.24, 2.45) is 0 Å². The van der Waals surface area contributed by atoms with Crippen LogP contribution in [0.4, 0.5) is 10.8 Å². The van der Waals surface area contributed by atoms with Crippen LogP contribution in [0, 0.1) is 20.8 Å². The summed E-state index contributed by atoms with van der Waals surface area (Å²) in [5, 5.41) is 6.72. The van der Waals surface area contributed by atoms with Crippen LogP contribution in [-0.2, 0) is 4.79 Å². The number of thiazole rings is 1. The van der Waals surface area contributed by atoms with Gasteiger partial charge < -0.3 is 10.6 Å². The highest BCUT2D eigenvalue weighted by Gasteiger charge is 2.15. The highest BCUT2D eigenvalue weighted by Crippen LogP contribution is 2.21. The second kappa shape index (κ2) is 6.05. The van der Waals surface area contributed by atoms with Crippen molar-refractivity contribution in [2.75, 3.05) is 10.6 Å². The lowest BCUT2D eigenvalue weighted by atomic mass is 10.2. The van der Waals surface area contributed by atoms with Crippen LogP contribution in [0.2, 0.25) is 0 Å². The van der Waals surface area contributed by atoms with Gasteiger partial charge in [-0.1, -0.05) is 18.2 Å². The third-order valence-electron chi connectivity index (χ3n) is 3.17. The maximum absolute atomic E-state index is 12.1. The molecule has 0 fully saturated rings. The van der Waals surface area contributed by atoms with Gasteiger partial charge in [-0.05, 0) is 39.3 Å². The van der Waals surface area contributed by atoms with E-state index in [2.05, 4.69) is 15.6 Å². The van der Waals surface area contributed by atoms with Crippen LogP contribution in [0.3, 0.4) is 0 Å². The molecule has 0 spiro atoms. The predicted molar refractivity (Wildman–Crippen MR) is 84.5 cm³/mol. The zero-order valence-electron chi connectivity index (χ0n) is 12.2. The molecule has 20 heavy (non-hydrogen) atoms. The summed E-state index contributed by atoms with van der Waals surface area (Å²) < 4.78 is 0. The summed E-state index contributed by atoms with van der Waals surface area (Å²) in [4.78, 5) is 17.6. The summed E-state index contributed by atoms with van der Waals surface area (Å²) in [6.07, 6.45) is 0. The summed E-state index contributed by atoms with van der Waals surface area (Å²) in [5.41, 5.74) is 3.06. The lowest BCUT2D eigenvalue weighted by molar-refractivity contribution is -0.116. The molecule has 0 bridgehead atoms. The van der Waals surface area contributed by atoms with Gasteiger partial charge in [-0.2, -0.15) is 0 Å². The van der Waals surface area contributed by atoms with Crippen LogP contribution in [0.1, 0.15) is 23.1 Å². The summed E-state index contributed by atoms with van der Waals surface area (Å²) in [5.74, 6) is -0.0815. The van der Waals surface area contributed by atoms with E-state index in [-0.39, 0.29) is 11.9 Å². The minimum atomic E-state index is -0.319. The van der Waals surface area contributed by atoms with E-state index >= 15 is 0 Å². The molecule has 1 heterocycles. The largest absolute Gasteiger partial charge is 0.374 e. The Balaban J connectivity index is 2.00. The van der Waals surface area contributed by atoms with E-state index in [1.165, 1.54) is 11.3 Å². The molecule has 1 atom stereocenters. The van der Waals surface area contributed by atoms with Gasteiger partial charge in [0.15, 0.2) is 5.13 Å². The molecule has 0 saturated heterocycles. The fourth-order valence-electron chi connectivity index (χ4n) is 1.77. The van der Waals surface area contributed by atoms with Crippen molar-refractivity contribution in [1.82, 2.24) is 4.98 Å². The number of benzene rings is 1. The third kappa shape index (κ3) is 3.36. The fourth-order valence-corrected chi connectivity index (χ4v) is 2.59. The number of carbonyl (C=O) groups is 1. The first kappa shape index (κ1) is 14.5. The zero-order chi connectivity index (χ0) is 14.7. The molecule has 1 aromatic heterocycles. The first-order valence-electron chi connectivity index (χ1n) is 6.54. The van der Waals surface area contributed by atoms with E-state index in [9.17, 15) is 4.79 Å². The monoisotopic (exact) mass is 289 g/mol. The first-order chi connectivity index (χ1) is 9.47. The Bertz CT molecular complexity index is 602. The van der Waals surface area contributed by atoms with Gasteiger partial charge in [0.1, 0.15) is 6.04 Å². The molecular weight excluding hydrogens is 270 g/mol. The number of anilines is 2. The molecule has 0 aliphatic heterocycles. The Morgan fingerprint density at radius 3 is 2.55 bits per heavy atom. The second-order valence-electron chi connectivity index (χ2n) is 4.83. The average molecular weight is 289 g/mol. The number of carbonyl (C=O) groups excluding carboxylic acids is 1. The van der Waals surface area contributed by atoms with Crippen molar-refractivity contribution in [3.05, 3.63) is 40.4 Å². The van der Waals surface area contributed by atoms with Gasteiger partial charge in [-0.25, -0.2) is 4.98 Å². The highest BCUT2D eigenvalue weighted by molar-refractivity contribution is 7.15. The maximum Gasteiger partial charge on any atom is 0.248 e. The molecule has 1 amide bonds. The van der Waals surface area contributed by atoms with E-state index < -0.39 is 0 Å². The van der Waals surface area contributed by atoms with Gasteiger partial charge in [-0.3, -0.25) is 4.79 Å². The number of hydrogen-bond donors (Lipinski definition) is 2. The minimum Gasteiger partial charge on any atom is -0.374 e. The fraction of sp³-hybridized carbons (Fsp3) is 0.333. The molecule has 1 aromatic carbocycles. The Morgan fingerprint density at radius 1 is 1.25 bits per heavy atom. The number of aryl methyl sites for hydroxylation is 3. The van der Waals surface area contributed by atoms with E-state index in [1.807, 2.05) is 52.0 Å². The van der Waals surface area contributed by atoms with Crippen molar-refractivity contribution < 1.29 is 4.79 Å². The van der Waals surface area contributed by atoms with Gasteiger partial charge in [0.05, 0.1) is 5.69 Å². The van der Waals surface area contributed by atoms with Gasteiger partial charge >= 0.3 is 0 Å². The number of amides is 1. The standard InChI is InChI=1S/C15H19N3OS/c1-9-7-5-6-8-13(9)16-11(3)14(19)18-15-17-10(2)12(4)20-15/h5-8,11,16H,1-4H3,(H,17,18,19)/t11-/m1/s1. The number of nitrogens with zero attached hydrogens (tertiary/aromatic N) is 1. The topological polar surface area (TPSA) is 54.0 Å². The number of rotatable bonds is 4. The van der Waals surface area contributed by atoms with Crippen LogP contribution in [0.25, 0.3) is 0 Å². The van der Waals surface area contributed by atoms with Gasteiger partial charge in [0.25, 0.3) is 0 Å². The maximum atomic E-state index is 12.1. The molecule has 0 saturated carbocycles. The Morgan fingerprint density at radius 2 is 1.95 bits per heavy atom. The van der Waals surface area contributed by atoms with Crippen LogP contribution in [0.5, 0.6) is 0 Å². The number of para-hydroxylation sites is 1. The molecular formula is C15H19N3OS. The van der Waals surface area contributed by atoms with Gasteiger partial charge in [0.2, 0.25) is 5.91 Å². The summed E-state index contributed by atoms with van der Waals surface area (Å²) in [6, 6.07) is 7.59. The molecule has 4 nitrogen and oxygen atoms in total. The molecule has 0 unspecified atom stereocenters. The lowest BCUT2D eigenvalue weighted by Gasteiger charge is -2.15. The Kier molecular flexibility index (Phi) is 4.39. The van der Waals surface area contributed by atoms with Gasteiger partial charge in [0, 0.05) is 10.6 Å². The van der Waals surface area contributed by atoms with E-state index in [4.69, 9.17) is 0 Å². The van der Waals surface area contributed by atoms with Crippen LogP contribution >= 0.6 is 11.3 Å². The van der Waals surface area contributed by atoms with Crippen LogP contribution in [-0.4, -0.2) is 16.9 Å². The molecule has 0 radical (unpaired) electrons. The third-order valence-corrected chi connectivity index (χ3v) is 4.16. The molecule has 2 rings (SSSR count). The van der Waals surface area contributed by atoms with Crippen molar-refractivity contribution in [2.45, 2.75) is 33.7 Å². The predicted octanol–water partition coefficient (Wildman–Crippen LogP) is 3.51. The first-order valence-corrected chi connectivity index (χ1v) is 7.36. The molecule has 106 valence electrons. The lowest BCUT2D eigenvalue weighted by Crippen LogP contribution is -2.32. The number of nitrogens with one attached hydrogen (secondary N) is 2. The zero-order valence-corrected chi connectivity index (χ0v) is 13.0. The molecule has 2 N–H and O–H groups in total. The summed E-state index contributed by atoms with van der Waals surface area (Å²) in [7, 11) is 0. The SMILES string of the molecule is Cc1ccccc1N[C@H](C)C(=O)Nc1nc(C)c(C)s1. The molecule has 2 aromatic rings. The number of aromatic nitrogens is 1. The van der Waals surface area contributed by atoms with Crippen LogP contribution in [0.15, 0.2) is 24.3 Å². The smallest absolute Gasteiger partial charge is 0.248 e. The molecule has 0 aliphatic rings. The van der Waals surface area contributed by atoms with Crippen LogP contribution < -0.4 is 10.6 Å². The highest BCUT2D eigenvalue weighted by atomic mass is 32.1. The van der Waals surface area contributed by atoms with Crippen molar-refractivity contribution >= 4 is 28.1 Å². The summed E-state index contributed by atoms with van der Waals surface area (Å²) in [6.45, 7) is 7.80. The van der Waals surface area contributed by atoms with Gasteiger partial charge in [-0.15, -0.1) is 11.3 Å². The normalized spacial score (nSPS) is 12.0. The van der Waals surface area contributed by atoms with Crippen molar-refractivity contribution in [3.8, 4) is 0 Å². The van der Waals surface area contributed by atoms with E-state index in [0.717, 1.165) is 21.8 Å².